The third-order valence-corrected chi connectivity index (χ3v) is 4.32. The first kappa shape index (κ1) is 21.7. The molecule has 0 spiro atoms. The molecule has 1 aliphatic rings. The average Bonchev–Trinajstić information content (AvgIpc) is 2.64. The van der Waals surface area contributed by atoms with E-state index >= 15 is 0 Å². The summed E-state index contributed by atoms with van der Waals surface area (Å²) in [5, 5.41) is 33.5. The molecule has 0 saturated carbocycles. The summed E-state index contributed by atoms with van der Waals surface area (Å²) in [4.78, 5) is 24.5. The van der Waals surface area contributed by atoms with Crippen molar-refractivity contribution in [1.82, 2.24) is 0 Å². The maximum Gasteiger partial charge on any atom is 0.342 e. The average molecular weight is 389 g/mol. The van der Waals surface area contributed by atoms with Gasteiger partial charge in [0.25, 0.3) is 0 Å². The standard InChI is InChI=1S/C21H27NO6/c1-3-10-22-15-11-14-7-5-9-17(24)20(26)16(23)8-4-6-13(2)28-21(27)19(14)18(25)12-15/h4-5,7-8,11-13,17,20,22,24-26H,3,6,9-10H2,1-2H3/b7-5+,8-4-/t13-,17-,20+/m0/s1. The van der Waals surface area contributed by atoms with Crippen LogP contribution in [-0.2, 0) is 9.53 Å². The van der Waals surface area contributed by atoms with Crippen LogP contribution in [0.2, 0.25) is 0 Å². The number of aliphatic hydroxyl groups excluding tert-OH is 2. The van der Waals surface area contributed by atoms with Gasteiger partial charge in [0.2, 0.25) is 0 Å². The second-order valence-corrected chi connectivity index (χ2v) is 6.79. The monoisotopic (exact) mass is 389 g/mol. The first-order valence-corrected chi connectivity index (χ1v) is 9.38. The van der Waals surface area contributed by atoms with E-state index in [-0.39, 0.29) is 24.2 Å². The fraction of sp³-hybridized carbons (Fsp3) is 0.429. The van der Waals surface area contributed by atoms with Crippen LogP contribution in [-0.4, -0.2) is 51.9 Å². The van der Waals surface area contributed by atoms with Crippen molar-refractivity contribution in [3.8, 4) is 5.75 Å². The molecule has 1 aromatic carbocycles. The van der Waals surface area contributed by atoms with Gasteiger partial charge in [0.05, 0.1) is 6.10 Å². The van der Waals surface area contributed by atoms with E-state index < -0.39 is 30.1 Å². The number of ketones is 1. The minimum Gasteiger partial charge on any atom is -0.507 e. The Kier molecular flexibility index (Phi) is 7.78. The summed E-state index contributed by atoms with van der Waals surface area (Å²) >= 11 is 0. The van der Waals surface area contributed by atoms with Crippen molar-refractivity contribution in [3.63, 3.8) is 0 Å². The number of carbonyl (C=O) groups excluding carboxylic acids is 2. The summed E-state index contributed by atoms with van der Waals surface area (Å²) in [5.41, 5.74) is 1.08. The predicted octanol–water partition coefficient (Wildman–Crippen LogP) is 2.41. The number of phenolic OH excluding ortho intramolecular Hbond substituents is 1. The lowest BCUT2D eigenvalue weighted by molar-refractivity contribution is -0.127. The molecule has 0 unspecified atom stereocenters. The molecule has 0 bridgehead atoms. The molecule has 0 radical (unpaired) electrons. The first-order chi connectivity index (χ1) is 13.3. The number of phenols is 1. The molecular weight excluding hydrogens is 362 g/mol. The van der Waals surface area contributed by atoms with Gasteiger partial charge in [-0.05, 0) is 37.5 Å². The Bertz CT molecular complexity index is 770. The Morgan fingerprint density at radius 3 is 2.57 bits per heavy atom. The maximum absolute atomic E-state index is 12.6. The molecule has 0 fully saturated rings. The molecular formula is C21H27NO6. The molecule has 1 aromatic rings. The van der Waals surface area contributed by atoms with E-state index in [1.807, 2.05) is 6.92 Å². The summed E-state index contributed by atoms with van der Waals surface area (Å²) in [5.74, 6) is -1.50. The van der Waals surface area contributed by atoms with Crippen molar-refractivity contribution in [2.75, 3.05) is 11.9 Å². The number of cyclic esters (lactones) is 1. The number of benzene rings is 1. The molecule has 28 heavy (non-hydrogen) atoms. The third kappa shape index (κ3) is 5.68. The van der Waals surface area contributed by atoms with Crippen molar-refractivity contribution < 1.29 is 29.6 Å². The van der Waals surface area contributed by atoms with Gasteiger partial charge in [0.1, 0.15) is 23.5 Å². The van der Waals surface area contributed by atoms with E-state index in [4.69, 9.17) is 4.74 Å². The molecule has 1 aliphatic heterocycles. The van der Waals surface area contributed by atoms with E-state index in [0.29, 0.717) is 17.8 Å². The minimum atomic E-state index is -1.54. The number of carbonyl (C=O) groups is 2. The number of ether oxygens (including phenoxy) is 1. The van der Waals surface area contributed by atoms with Gasteiger partial charge in [-0.1, -0.05) is 25.2 Å². The van der Waals surface area contributed by atoms with Gasteiger partial charge >= 0.3 is 5.97 Å². The molecule has 2 rings (SSSR count). The van der Waals surface area contributed by atoms with Gasteiger partial charge < -0.3 is 25.4 Å². The van der Waals surface area contributed by atoms with Crippen LogP contribution in [0.5, 0.6) is 5.75 Å². The highest BCUT2D eigenvalue weighted by Crippen LogP contribution is 2.29. The Morgan fingerprint density at radius 1 is 1.14 bits per heavy atom. The lowest BCUT2D eigenvalue weighted by atomic mass is 10.0. The molecule has 7 heteroatoms. The number of hydrogen-bond acceptors (Lipinski definition) is 7. The lowest BCUT2D eigenvalue weighted by Gasteiger charge is -2.17. The smallest absolute Gasteiger partial charge is 0.342 e. The van der Waals surface area contributed by atoms with Gasteiger partial charge in [-0.3, -0.25) is 4.79 Å². The highest BCUT2D eigenvalue weighted by atomic mass is 16.5. The van der Waals surface area contributed by atoms with E-state index in [1.165, 1.54) is 24.3 Å². The van der Waals surface area contributed by atoms with Crippen LogP contribution in [0.15, 0.2) is 30.4 Å². The molecule has 4 N–H and O–H groups in total. The normalized spacial score (nSPS) is 25.9. The van der Waals surface area contributed by atoms with Crippen molar-refractivity contribution in [1.29, 1.82) is 0 Å². The molecule has 7 nitrogen and oxygen atoms in total. The van der Waals surface area contributed by atoms with Gasteiger partial charge in [-0.15, -0.1) is 0 Å². The van der Waals surface area contributed by atoms with Crippen LogP contribution in [0.3, 0.4) is 0 Å². The maximum atomic E-state index is 12.6. The second-order valence-electron chi connectivity index (χ2n) is 6.79. The number of nitrogens with one attached hydrogen (secondary N) is 1. The van der Waals surface area contributed by atoms with Crippen LogP contribution in [0.1, 0.15) is 49.0 Å². The molecule has 0 aromatic heterocycles. The summed E-state index contributed by atoms with van der Waals surface area (Å²) in [7, 11) is 0. The van der Waals surface area contributed by atoms with Crippen molar-refractivity contribution in [2.24, 2.45) is 0 Å². The van der Waals surface area contributed by atoms with E-state index in [9.17, 15) is 24.9 Å². The number of aliphatic hydroxyl groups is 2. The zero-order valence-electron chi connectivity index (χ0n) is 16.1. The Balaban J connectivity index is 2.43. The van der Waals surface area contributed by atoms with Crippen LogP contribution in [0.4, 0.5) is 5.69 Å². The minimum absolute atomic E-state index is 0.000977. The number of fused-ring (bicyclic) bond motifs is 1. The fourth-order valence-corrected chi connectivity index (χ4v) is 2.79. The number of anilines is 1. The highest BCUT2D eigenvalue weighted by molar-refractivity contribution is 5.97. The van der Waals surface area contributed by atoms with Crippen molar-refractivity contribution >= 4 is 23.5 Å². The van der Waals surface area contributed by atoms with Gasteiger partial charge in [0.15, 0.2) is 5.78 Å². The van der Waals surface area contributed by atoms with Crippen LogP contribution >= 0.6 is 0 Å². The molecule has 1 heterocycles. The molecule has 0 aliphatic carbocycles. The third-order valence-electron chi connectivity index (χ3n) is 4.32. The van der Waals surface area contributed by atoms with E-state index in [0.717, 1.165) is 6.42 Å². The zero-order valence-corrected chi connectivity index (χ0v) is 16.1. The number of esters is 1. The highest BCUT2D eigenvalue weighted by Gasteiger charge is 2.23. The Hall–Kier alpha value is -2.64. The predicted molar refractivity (Wildman–Crippen MR) is 106 cm³/mol. The van der Waals surface area contributed by atoms with E-state index in [2.05, 4.69) is 5.32 Å². The zero-order chi connectivity index (χ0) is 20.7. The van der Waals surface area contributed by atoms with Gasteiger partial charge in [-0.25, -0.2) is 4.79 Å². The Labute approximate surface area is 164 Å². The largest absolute Gasteiger partial charge is 0.507 e. The quantitative estimate of drug-likeness (QED) is 0.587. The van der Waals surface area contributed by atoms with Gasteiger partial charge in [-0.2, -0.15) is 0 Å². The second kappa shape index (κ2) is 10.1. The number of hydrogen-bond donors (Lipinski definition) is 4. The van der Waals surface area contributed by atoms with Crippen molar-refractivity contribution in [3.05, 3.63) is 41.5 Å². The topological polar surface area (TPSA) is 116 Å². The number of rotatable bonds is 3. The van der Waals surface area contributed by atoms with Crippen molar-refractivity contribution in [2.45, 2.75) is 51.4 Å². The van der Waals surface area contributed by atoms with Crippen LogP contribution in [0, 0.1) is 0 Å². The fourth-order valence-electron chi connectivity index (χ4n) is 2.79. The SMILES string of the molecule is CCCNc1cc(O)c2c(c1)/C=C/C[C@H](O)[C@H](O)C(=O)/C=C\C[C@H](C)OC2=O. The summed E-state index contributed by atoms with van der Waals surface area (Å²) in [6, 6.07) is 3.17. The molecule has 152 valence electrons. The Morgan fingerprint density at radius 2 is 1.86 bits per heavy atom. The summed E-state index contributed by atoms with van der Waals surface area (Å²) in [6.07, 6.45) is 3.53. The van der Waals surface area contributed by atoms with Crippen LogP contribution < -0.4 is 5.32 Å². The summed E-state index contributed by atoms with van der Waals surface area (Å²) in [6.45, 7) is 4.36. The molecule has 3 atom stereocenters. The summed E-state index contributed by atoms with van der Waals surface area (Å²) < 4.78 is 5.38. The van der Waals surface area contributed by atoms with Crippen LogP contribution in [0.25, 0.3) is 6.08 Å². The lowest BCUT2D eigenvalue weighted by Crippen LogP contribution is -2.32. The van der Waals surface area contributed by atoms with E-state index in [1.54, 1.807) is 19.1 Å². The number of aromatic hydroxyl groups is 1. The first-order valence-electron chi connectivity index (χ1n) is 9.38. The van der Waals surface area contributed by atoms with Gasteiger partial charge in [0, 0.05) is 24.7 Å². The molecule has 0 amide bonds. The molecule has 0 saturated heterocycles.